The number of aromatic nitrogens is 1. The van der Waals surface area contributed by atoms with E-state index in [1.807, 2.05) is 24.3 Å². The second kappa shape index (κ2) is 5.77. The van der Waals surface area contributed by atoms with Crippen LogP contribution in [0, 0.1) is 0 Å². The lowest BCUT2D eigenvalue weighted by molar-refractivity contribution is -0.142. The van der Waals surface area contributed by atoms with Gasteiger partial charge < -0.3 is 10.0 Å². The number of carbonyl (C=O) groups excluding carboxylic acids is 1. The summed E-state index contributed by atoms with van der Waals surface area (Å²) in [7, 11) is 0. The third-order valence-electron chi connectivity index (χ3n) is 3.74. The van der Waals surface area contributed by atoms with Crippen LogP contribution < -0.4 is 0 Å². The van der Waals surface area contributed by atoms with Gasteiger partial charge in [-0.05, 0) is 23.3 Å². The molecule has 22 heavy (non-hydrogen) atoms. The molecule has 1 N–H and O–H groups in total. The Balaban J connectivity index is 1.95. The number of carboxylic acid groups (broad SMARTS) is 1. The van der Waals surface area contributed by atoms with Crippen molar-refractivity contribution in [2.45, 2.75) is 19.0 Å². The number of pyridine rings is 1. The van der Waals surface area contributed by atoms with E-state index in [1.165, 1.54) is 17.2 Å². The molecule has 1 aliphatic heterocycles. The molecular weight excluding hydrogens is 304 g/mol. The minimum Gasteiger partial charge on any atom is -0.480 e. The van der Waals surface area contributed by atoms with E-state index in [9.17, 15) is 14.7 Å². The SMILES string of the molecule is O=C(O)[C@@H]1Cc2ccccc2CN1C(=O)c1ccc(Cl)cn1. The van der Waals surface area contributed by atoms with Crippen LogP contribution in [-0.2, 0) is 17.8 Å². The highest BCUT2D eigenvalue weighted by Crippen LogP contribution is 2.25. The van der Waals surface area contributed by atoms with Gasteiger partial charge in [-0.25, -0.2) is 9.78 Å². The molecule has 1 aliphatic rings. The Labute approximate surface area is 132 Å². The Morgan fingerprint density at radius 2 is 1.91 bits per heavy atom. The number of amides is 1. The average molecular weight is 317 g/mol. The quantitative estimate of drug-likeness (QED) is 0.923. The molecular formula is C16H13ClN2O3. The number of carbonyl (C=O) groups is 2. The van der Waals surface area contributed by atoms with Crippen molar-refractivity contribution in [3.63, 3.8) is 0 Å². The van der Waals surface area contributed by atoms with Crippen LogP contribution in [-0.4, -0.2) is 32.9 Å². The van der Waals surface area contributed by atoms with Crippen LogP contribution in [0.4, 0.5) is 0 Å². The van der Waals surface area contributed by atoms with Gasteiger partial charge in [0.1, 0.15) is 11.7 Å². The molecule has 3 rings (SSSR count). The van der Waals surface area contributed by atoms with Gasteiger partial charge >= 0.3 is 5.97 Å². The monoisotopic (exact) mass is 316 g/mol. The summed E-state index contributed by atoms with van der Waals surface area (Å²) < 4.78 is 0. The molecule has 2 heterocycles. The van der Waals surface area contributed by atoms with Gasteiger partial charge in [0.05, 0.1) is 5.02 Å². The summed E-state index contributed by atoms with van der Waals surface area (Å²) in [5.74, 6) is -1.42. The van der Waals surface area contributed by atoms with Crippen molar-refractivity contribution in [2.24, 2.45) is 0 Å². The van der Waals surface area contributed by atoms with Crippen LogP contribution in [0.3, 0.4) is 0 Å². The molecule has 0 saturated carbocycles. The summed E-state index contributed by atoms with van der Waals surface area (Å²) in [5.41, 5.74) is 2.11. The van der Waals surface area contributed by atoms with Crippen molar-refractivity contribution < 1.29 is 14.7 Å². The Hall–Kier alpha value is -2.40. The molecule has 112 valence electrons. The second-order valence-electron chi connectivity index (χ2n) is 5.12. The average Bonchev–Trinajstić information content (AvgIpc) is 2.53. The van der Waals surface area contributed by atoms with E-state index >= 15 is 0 Å². The number of halogens is 1. The van der Waals surface area contributed by atoms with E-state index in [2.05, 4.69) is 4.98 Å². The topological polar surface area (TPSA) is 70.5 Å². The zero-order valence-electron chi connectivity index (χ0n) is 11.6. The van der Waals surface area contributed by atoms with Crippen molar-refractivity contribution in [3.8, 4) is 0 Å². The molecule has 0 bridgehead atoms. The Morgan fingerprint density at radius 3 is 2.55 bits per heavy atom. The minimum atomic E-state index is -1.02. The lowest BCUT2D eigenvalue weighted by Crippen LogP contribution is -2.48. The smallest absolute Gasteiger partial charge is 0.326 e. The predicted molar refractivity (Wildman–Crippen MR) is 80.7 cm³/mol. The Kier molecular flexibility index (Phi) is 3.81. The maximum Gasteiger partial charge on any atom is 0.326 e. The molecule has 0 aliphatic carbocycles. The van der Waals surface area contributed by atoms with Crippen LogP contribution in [0.25, 0.3) is 0 Å². The van der Waals surface area contributed by atoms with E-state index in [-0.39, 0.29) is 12.2 Å². The Bertz CT molecular complexity index is 730. The first-order chi connectivity index (χ1) is 10.6. The third-order valence-corrected chi connectivity index (χ3v) is 3.96. The summed E-state index contributed by atoms with van der Waals surface area (Å²) in [6.45, 7) is 0.260. The highest BCUT2D eigenvalue weighted by Gasteiger charge is 2.35. The summed E-state index contributed by atoms with van der Waals surface area (Å²) >= 11 is 5.77. The van der Waals surface area contributed by atoms with Crippen LogP contribution >= 0.6 is 11.6 Å². The third kappa shape index (κ3) is 2.67. The highest BCUT2D eigenvalue weighted by molar-refractivity contribution is 6.30. The first-order valence-corrected chi connectivity index (χ1v) is 7.16. The van der Waals surface area contributed by atoms with Gasteiger partial charge in [0.15, 0.2) is 0 Å². The summed E-state index contributed by atoms with van der Waals surface area (Å²) in [4.78, 5) is 29.5. The summed E-state index contributed by atoms with van der Waals surface area (Å²) in [5, 5.41) is 9.86. The molecule has 1 amide bonds. The molecule has 0 fully saturated rings. The van der Waals surface area contributed by atoms with Crippen molar-refractivity contribution in [1.29, 1.82) is 0 Å². The van der Waals surface area contributed by atoms with Gasteiger partial charge in [0.2, 0.25) is 0 Å². The van der Waals surface area contributed by atoms with E-state index in [0.29, 0.717) is 11.4 Å². The molecule has 0 unspecified atom stereocenters. The normalized spacial score (nSPS) is 17.0. The molecule has 1 atom stereocenters. The van der Waals surface area contributed by atoms with Gasteiger partial charge in [0.25, 0.3) is 5.91 Å². The van der Waals surface area contributed by atoms with Crippen LogP contribution in [0.2, 0.25) is 5.02 Å². The van der Waals surface area contributed by atoms with E-state index in [4.69, 9.17) is 11.6 Å². The number of fused-ring (bicyclic) bond motifs is 1. The van der Waals surface area contributed by atoms with Gasteiger partial charge in [-0.3, -0.25) is 4.79 Å². The van der Waals surface area contributed by atoms with Crippen molar-refractivity contribution >= 4 is 23.5 Å². The maximum absolute atomic E-state index is 12.6. The molecule has 2 aromatic rings. The number of nitrogens with zero attached hydrogens (tertiary/aromatic N) is 2. The molecule has 5 nitrogen and oxygen atoms in total. The molecule has 1 aromatic carbocycles. The minimum absolute atomic E-state index is 0.190. The summed E-state index contributed by atoms with van der Waals surface area (Å²) in [6, 6.07) is 9.73. The molecule has 0 radical (unpaired) electrons. The molecule has 1 aromatic heterocycles. The van der Waals surface area contributed by atoms with E-state index in [1.54, 1.807) is 6.07 Å². The van der Waals surface area contributed by atoms with E-state index in [0.717, 1.165) is 11.1 Å². The first-order valence-electron chi connectivity index (χ1n) is 6.78. The number of hydrogen-bond donors (Lipinski definition) is 1. The van der Waals surface area contributed by atoms with Crippen LogP contribution in [0.1, 0.15) is 21.6 Å². The fourth-order valence-electron chi connectivity index (χ4n) is 2.61. The number of rotatable bonds is 2. The van der Waals surface area contributed by atoms with Crippen LogP contribution in [0.15, 0.2) is 42.6 Å². The highest BCUT2D eigenvalue weighted by atomic mass is 35.5. The first kappa shape index (κ1) is 14.5. The fraction of sp³-hybridized carbons (Fsp3) is 0.188. The lowest BCUT2D eigenvalue weighted by atomic mass is 9.93. The number of carboxylic acids is 1. The van der Waals surface area contributed by atoms with Crippen LogP contribution in [0.5, 0.6) is 0 Å². The number of hydrogen-bond acceptors (Lipinski definition) is 3. The lowest BCUT2D eigenvalue weighted by Gasteiger charge is -2.34. The second-order valence-corrected chi connectivity index (χ2v) is 5.56. The largest absolute Gasteiger partial charge is 0.480 e. The standard InChI is InChI=1S/C16H13ClN2O3/c17-12-5-6-13(18-8-12)15(20)19-9-11-4-2-1-3-10(11)7-14(19)16(21)22/h1-6,8,14H,7,9H2,(H,21,22)/t14-/m0/s1. The molecule has 0 saturated heterocycles. The van der Waals surface area contributed by atoms with Gasteiger partial charge in [-0.1, -0.05) is 35.9 Å². The predicted octanol–water partition coefficient (Wildman–Crippen LogP) is 2.39. The van der Waals surface area contributed by atoms with Crippen molar-refractivity contribution in [1.82, 2.24) is 9.88 Å². The Morgan fingerprint density at radius 1 is 1.18 bits per heavy atom. The molecule has 0 spiro atoms. The zero-order chi connectivity index (χ0) is 15.7. The van der Waals surface area contributed by atoms with E-state index < -0.39 is 17.9 Å². The van der Waals surface area contributed by atoms with Crippen molar-refractivity contribution in [3.05, 3.63) is 64.4 Å². The number of aliphatic carboxylic acids is 1. The zero-order valence-corrected chi connectivity index (χ0v) is 12.3. The van der Waals surface area contributed by atoms with Gasteiger partial charge in [-0.2, -0.15) is 0 Å². The fourth-order valence-corrected chi connectivity index (χ4v) is 2.72. The van der Waals surface area contributed by atoms with Gasteiger partial charge in [-0.15, -0.1) is 0 Å². The van der Waals surface area contributed by atoms with Gasteiger partial charge in [0, 0.05) is 19.2 Å². The number of benzene rings is 1. The maximum atomic E-state index is 12.6. The van der Waals surface area contributed by atoms with Crippen molar-refractivity contribution in [2.75, 3.05) is 0 Å². The summed E-state index contributed by atoms with van der Waals surface area (Å²) in [6.07, 6.45) is 1.67. The molecule has 6 heteroatoms.